The number of fused-ring (bicyclic) bond motifs is 3. The van der Waals surface area contributed by atoms with E-state index < -0.39 is 17.3 Å². The number of carbonyl (C=O) groups excluding carboxylic acids is 1. The van der Waals surface area contributed by atoms with Gasteiger partial charge in [-0.2, -0.15) is 0 Å². The van der Waals surface area contributed by atoms with E-state index in [1.807, 2.05) is 0 Å². The van der Waals surface area contributed by atoms with E-state index in [1.165, 1.54) is 22.6 Å². The normalized spacial score (nSPS) is 11.2. The van der Waals surface area contributed by atoms with Gasteiger partial charge in [0.25, 0.3) is 5.56 Å². The molecule has 0 aliphatic heterocycles. The van der Waals surface area contributed by atoms with Crippen LogP contribution in [0.1, 0.15) is 23.1 Å². The fourth-order valence-electron chi connectivity index (χ4n) is 2.32. The fraction of sp³-hybridized carbons (Fsp3) is 0.214. The van der Waals surface area contributed by atoms with Crippen LogP contribution >= 0.6 is 0 Å². The maximum Gasteiger partial charge on any atom is 0.358 e. The lowest BCUT2D eigenvalue weighted by Crippen LogP contribution is -2.11. The van der Waals surface area contributed by atoms with Gasteiger partial charge in [0.1, 0.15) is 5.82 Å². The van der Waals surface area contributed by atoms with Crippen molar-refractivity contribution in [1.29, 1.82) is 0 Å². The van der Waals surface area contributed by atoms with Crippen LogP contribution < -0.4 is 5.56 Å². The highest BCUT2D eigenvalue weighted by molar-refractivity contribution is 5.90. The summed E-state index contributed by atoms with van der Waals surface area (Å²) in [5, 5.41) is 0. The Morgan fingerprint density at radius 3 is 2.95 bits per heavy atom. The molecule has 1 aromatic carbocycles. The van der Waals surface area contributed by atoms with Gasteiger partial charge in [0, 0.05) is 0 Å². The Kier molecular flexibility index (Phi) is 2.97. The van der Waals surface area contributed by atoms with Crippen molar-refractivity contribution in [3.8, 4) is 0 Å². The second-order valence-electron chi connectivity index (χ2n) is 4.54. The number of imidazole rings is 1. The summed E-state index contributed by atoms with van der Waals surface area (Å²) in [7, 11) is 0. The molecule has 2 aromatic heterocycles. The predicted octanol–water partition coefficient (Wildman–Crippen LogP) is 1.80. The number of rotatable bonds is 2. The number of aryl methyl sites for hydroxylation is 1. The number of nitrogens with zero attached hydrogens (tertiary/aromatic N) is 2. The Hall–Kier alpha value is -2.70. The summed E-state index contributed by atoms with van der Waals surface area (Å²) >= 11 is 0. The Labute approximate surface area is 118 Å². The summed E-state index contributed by atoms with van der Waals surface area (Å²) in [6.07, 6.45) is 0. The van der Waals surface area contributed by atoms with Crippen LogP contribution in [0.25, 0.3) is 16.7 Å². The molecule has 0 saturated carbocycles. The summed E-state index contributed by atoms with van der Waals surface area (Å²) in [5.74, 6) is -1.05. The first-order chi connectivity index (χ1) is 10.0. The molecular formula is C14H12FN3O3. The second-order valence-corrected chi connectivity index (χ2v) is 4.54. The first-order valence-corrected chi connectivity index (χ1v) is 6.40. The maximum atomic E-state index is 13.3. The summed E-state index contributed by atoms with van der Waals surface area (Å²) in [5.41, 5.74) is 1.04. The van der Waals surface area contributed by atoms with Crippen molar-refractivity contribution in [3.63, 3.8) is 0 Å². The minimum atomic E-state index is -0.589. The maximum absolute atomic E-state index is 13.3. The molecule has 0 fully saturated rings. The average Bonchev–Trinajstić information content (AvgIpc) is 2.78. The lowest BCUT2D eigenvalue weighted by Gasteiger charge is -2.04. The van der Waals surface area contributed by atoms with Gasteiger partial charge in [-0.25, -0.2) is 14.2 Å². The van der Waals surface area contributed by atoms with Crippen LogP contribution in [0.4, 0.5) is 4.39 Å². The van der Waals surface area contributed by atoms with Crippen molar-refractivity contribution in [3.05, 3.63) is 45.8 Å². The third-order valence-electron chi connectivity index (χ3n) is 3.23. The number of hydrogen-bond donors (Lipinski definition) is 1. The SMILES string of the molecule is CCOC(=O)c1nc2c(=O)[nH]c3cc(F)ccc3n2c1C. The molecule has 0 radical (unpaired) electrons. The fourth-order valence-corrected chi connectivity index (χ4v) is 2.32. The largest absolute Gasteiger partial charge is 0.461 e. The van der Waals surface area contributed by atoms with E-state index in [-0.39, 0.29) is 17.9 Å². The number of hydrogen-bond acceptors (Lipinski definition) is 4. The molecule has 3 aromatic rings. The molecule has 0 saturated heterocycles. The first kappa shape index (κ1) is 13.3. The molecule has 0 aliphatic carbocycles. The summed E-state index contributed by atoms with van der Waals surface area (Å²) in [4.78, 5) is 30.5. The van der Waals surface area contributed by atoms with Gasteiger partial charge in [-0.15, -0.1) is 0 Å². The van der Waals surface area contributed by atoms with E-state index in [0.717, 1.165) is 0 Å². The van der Waals surface area contributed by atoms with Crippen molar-refractivity contribution in [1.82, 2.24) is 14.4 Å². The minimum Gasteiger partial charge on any atom is -0.461 e. The van der Waals surface area contributed by atoms with Crippen LogP contribution in [0, 0.1) is 12.7 Å². The molecule has 0 bridgehead atoms. The van der Waals surface area contributed by atoms with Gasteiger partial charge in [0.15, 0.2) is 5.69 Å². The number of ether oxygens (including phenoxy) is 1. The molecular weight excluding hydrogens is 277 g/mol. The van der Waals surface area contributed by atoms with E-state index >= 15 is 0 Å². The lowest BCUT2D eigenvalue weighted by molar-refractivity contribution is 0.0519. The number of nitrogens with one attached hydrogen (secondary N) is 1. The highest BCUT2D eigenvalue weighted by Crippen LogP contribution is 2.18. The zero-order valence-corrected chi connectivity index (χ0v) is 11.4. The monoisotopic (exact) mass is 289 g/mol. The molecule has 6 nitrogen and oxygen atoms in total. The Bertz CT molecular complexity index is 926. The van der Waals surface area contributed by atoms with Gasteiger partial charge in [0.05, 0.1) is 23.3 Å². The Balaban J connectivity index is 2.41. The van der Waals surface area contributed by atoms with E-state index in [2.05, 4.69) is 9.97 Å². The molecule has 0 amide bonds. The predicted molar refractivity (Wildman–Crippen MR) is 74.0 cm³/mol. The minimum absolute atomic E-state index is 0.0784. The highest BCUT2D eigenvalue weighted by atomic mass is 19.1. The molecule has 108 valence electrons. The van der Waals surface area contributed by atoms with Crippen LogP contribution in [0.5, 0.6) is 0 Å². The third-order valence-corrected chi connectivity index (χ3v) is 3.23. The van der Waals surface area contributed by atoms with Crippen molar-refractivity contribution in [2.24, 2.45) is 0 Å². The second kappa shape index (κ2) is 4.69. The van der Waals surface area contributed by atoms with Gasteiger partial charge in [-0.05, 0) is 32.0 Å². The molecule has 0 spiro atoms. The molecule has 7 heteroatoms. The van der Waals surface area contributed by atoms with Gasteiger partial charge >= 0.3 is 5.97 Å². The zero-order valence-electron chi connectivity index (χ0n) is 11.4. The van der Waals surface area contributed by atoms with E-state index in [1.54, 1.807) is 13.8 Å². The number of aromatic nitrogens is 3. The lowest BCUT2D eigenvalue weighted by atomic mass is 10.2. The molecule has 2 heterocycles. The molecule has 1 N–H and O–H groups in total. The molecule has 3 rings (SSSR count). The van der Waals surface area contributed by atoms with Crippen molar-refractivity contribution in [2.45, 2.75) is 13.8 Å². The summed E-state index contributed by atoms with van der Waals surface area (Å²) in [6.45, 7) is 3.57. The molecule has 21 heavy (non-hydrogen) atoms. The van der Waals surface area contributed by atoms with Crippen LogP contribution in [0.2, 0.25) is 0 Å². The molecule has 0 unspecified atom stereocenters. The first-order valence-electron chi connectivity index (χ1n) is 6.40. The molecule has 0 atom stereocenters. The van der Waals surface area contributed by atoms with Crippen LogP contribution in [0.15, 0.2) is 23.0 Å². The number of aromatic amines is 1. The molecule has 0 aliphatic rings. The number of esters is 1. The van der Waals surface area contributed by atoms with Crippen molar-refractivity contribution in [2.75, 3.05) is 6.61 Å². The van der Waals surface area contributed by atoms with Gasteiger partial charge < -0.3 is 9.72 Å². The highest BCUT2D eigenvalue weighted by Gasteiger charge is 2.20. The van der Waals surface area contributed by atoms with Crippen LogP contribution in [0.3, 0.4) is 0 Å². The van der Waals surface area contributed by atoms with Crippen LogP contribution in [-0.4, -0.2) is 26.9 Å². The number of H-pyrrole nitrogens is 1. The van der Waals surface area contributed by atoms with E-state index in [0.29, 0.717) is 16.7 Å². The number of halogens is 1. The topological polar surface area (TPSA) is 76.5 Å². The van der Waals surface area contributed by atoms with Gasteiger partial charge in [-0.3, -0.25) is 9.20 Å². The summed E-state index contributed by atoms with van der Waals surface area (Å²) < 4.78 is 19.7. The zero-order chi connectivity index (χ0) is 15.1. The third kappa shape index (κ3) is 1.97. The Morgan fingerprint density at radius 1 is 1.48 bits per heavy atom. The standard InChI is InChI=1S/C14H12FN3O3/c1-3-21-14(20)11-7(2)18-10-5-4-8(15)6-9(10)16-13(19)12(18)17-11/h4-6H,3H2,1-2H3,(H,16,19). The smallest absolute Gasteiger partial charge is 0.358 e. The van der Waals surface area contributed by atoms with E-state index in [4.69, 9.17) is 4.74 Å². The van der Waals surface area contributed by atoms with E-state index in [9.17, 15) is 14.0 Å². The Morgan fingerprint density at radius 2 is 2.24 bits per heavy atom. The number of carbonyl (C=O) groups is 1. The van der Waals surface area contributed by atoms with Crippen LogP contribution in [-0.2, 0) is 4.74 Å². The van der Waals surface area contributed by atoms with Crippen molar-refractivity contribution < 1.29 is 13.9 Å². The van der Waals surface area contributed by atoms with Gasteiger partial charge in [0.2, 0.25) is 5.65 Å². The quantitative estimate of drug-likeness (QED) is 0.730. The average molecular weight is 289 g/mol. The summed E-state index contributed by atoms with van der Waals surface area (Å²) in [6, 6.07) is 4.03. The number of benzene rings is 1. The van der Waals surface area contributed by atoms with Gasteiger partial charge in [-0.1, -0.05) is 0 Å². The van der Waals surface area contributed by atoms with Crippen molar-refractivity contribution >= 4 is 22.6 Å².